The fourth-order valence-corrected chi connectivity index (χ4v) is 13.4. The van der Waals surface area contributed by atoms with E-state index in [1.807, 2.05) is 0 Å². The summed E-state index contributed by atoms with van der Waals surface area (Å²) < 4.78 is 7.38. The molecule has 12 aromatic carbocycles. The van der Waals surface area contributed by atoms with Crippen LogP contribution in [0.2, 0.25) is 0 Å². The number of fused-ring (bicyclic) bond motifs is 3. The van der Waals surface area contributed by atoms with Crippen molar-refractivity contribution in [3.05, 3.63) is 246 Å². The van der Waals surface area contributed by atoms with E-state index in [0.717, 1.165) is 102 Å². The first-order valence-electron chi connectivity index (χ1n) is 30.4. The van der Waals surface area contributed by atoms with E-state index in [1.54, 1.807) is 0 Å². The van der Waals surface area contributed by atoms with Crippen molar-refractivity contribution in [1.82, 2.24) is 0 Å². The summed E-state index contributed by atoms with van der Waals surface area (Å²) in [5.41, 5.74) is 21.6. The van der Waals surface area contributed by atoms with Crippen molar-refractivity contribution in [2.45, 2.75) is 106 Å². The standard InChI is InChI=1S/C80H74N2O2/c1-11-52-23-13-15-31-60(52)56-27-17-28-57(43-56)62-33-21-37-72(78(62)83)81(58-29-18-25-54(44-58)48(3)4)74-46-70(50(7)8)63-40-42-69-75(47-71(51(9)10)64-39-41-68(74)76(63)77(64)69)82(59-30-19-26-55(45-59)49(5)6)73-38-22-36-67-66-35-20-34-65(79(66)84-80(67)73)61-32-16-14-24-53(61)12-2/h13-51,83H,11-12H2,1-10H3. The summed E-state index contributed by atoms with van der Waals surface area (Å²) in [7, 11) is 0. The number of furan rings is 1. The molecule has 0 atom stereocenters. The molecule has 0 aliphatic carbocycles. The highest BCUT2D eigenvalue weighted by molar-refractivity contribution is 6.30. The van der Waals surface area contributed by atoms with Gasteiger partial charge in [-0.2, -0.15) is 0 Å². The third kappa shape index (κ3) is 9.15. The van der Waals surface area contributed by atoms with E-state index in [2.05, 4.69) is 291 Å². The minimum atomic E-state index is 0.171. The highest BCUT2D eigenvalue weighted by Gasteiger charge is 2.29. The number of nitrogens with zero attached hydrogens (tertiary/aromatic N) is 2. The summed E-state index contributed by atoms with van der Waals surface area (Å²) in [5.74, 6) is 1.19. The first-order chi connectivity index (χ1) is 40.8. The Morgan fingerprint density at radius 3 is 1.36 bits per heavy atom. The maximum atomic E-state index is 13.1. The molecule has 1 aromatic heterocycles. The lowest BCUT2D eigenvalue weighted by atomic mass is 9.84. The van der Waals surface area contributed by atoms with Crippen LogP contribution >= 0.6 is 0 Å². The van der Waals surface area contributed by atoms with Crippen LogP contribution in [0.4, 0.5) is 34.1 Å². The highest BCUT2D eigenvalue weighted by atomic mass is 16.3. The molecule has 0 saturated carbocycles. The molecular formula is C80H74N2O2. The fraction of sp³-hybridized carbons (Fsp3) is 0.200. The number of rotatable bonds is 15. The Balaban J connectivity index is 1.10. The largest absolute Gasteiger partial charge is 0.505 e. The van der Waals surface area contributed by atoms with Gasteiger partial charge in [-0.1, -0.05) is 227 Å². The molecule has 0 spiro atoms. The Morgan fingerprint density at radius 1 is 0.345 bits per heavy atom. The van der Waals surface area contributed by atoms with Crippen molar-refractivity contribution in [1.29, 1.82) is 0 Å². The van der Waals surface area contributed by atoms with E-state index >= 15 is 0 Å². The summed E-state index contributed by atoms with van der Waals surface area (Å²) in [6, 6.07) is 78.0. The van der Waals surface area contributed by atoms with Crippen molar-refractivity contribution in [3.8, 4) is 39.1 Å². The molecule has 0 aliphatic rings. The van der Waals surface area contributed by atoms with Gasteiger partial charge in [0.05, 0.1) is 22.7 Å². The van der Waals surface area contributed by atoms with Gasteiger partial charge in [-0.15, -0.1) is 0 Å². The van der Waals surface area contributed by atoms with Crippen LogP contribution in [0.1, 0.15) is 126 Å². The molecule has 0 bridgehead atoms. The average Bonchev–Trinajstić information content (AvgIpc) is 1.02. The summed E-state index contributed by atoms with van der Waals surface area (Å²) >= 11 is 0. The van der Waals surface area contributed by atoms with Crippen LogP contribution in [-0.2, 0) is 12.8 Å². The molecule has 0 radical (unpaired) electrons. The first-order valence-corrected chi connectivity index (χ1v) is 30.4. The van der Waals surface area contributed by atoms with E-state index in [-0.39, 0.29) is 23.5 Å². The van der Waals surface area contributed by atoms with Crippen molar-refractivity contribution >= 4 is 88.4 Å². The van der Waals surface area contributed by atoms with Crippen molar-refractivity contribution < 1.29 is 9.52 Å². The molecule has 0 saturated heterocycles. The van der Waals surface area contributed by atoms with Gasteiger partial charge in [0.15, 0.2) is 5.58 Å². The maximum absolute atomic E-state index is 13.1. The SMILES string of the molecule is CCc1ccccc1-c1cccc(-c2cccc(N(c3cccc(C(C)C)c3)c3cc(C(C)C)c4ccc5c(N(c6cccc(C(C)C)c6)c6cccc7c6oc6c(-c8ccccc8CC)cccc67)cc(C(C)C)c6ccc3c4c65)c2O)c1. The second kappa shape index (κ2) is 21.9. The zero-order valence-corrected chi connectivity index (χ0v) is 50.2. The molecule has 0 unspecified atom stereocenters. The number of hydrogen-bond donors (Lipinski definition) is 1. The van der Waals surface area contributed by atoms with Crippen LogP contribution < -0.4 is 9.80 Å². The van der Waals surface area contributed by atoms with Crippen LogP contribution in [0.15, 0.2) is 217 Å². The molecule has 0 amide bonds. The lowest BCUT2D eigenvalue weighted by Gasteiger charge is -2.32. The number of para-hydroxylation sites is 3. The second-order valence-corrected chi connectivity index (χ2v) is 24.2. The quantitative estimate of drug-likeness (QED) is 0.104. The minimum Gasteiger partial charge on any atom is -0.505 e. The number of aromatic hydroxyl groups is 1. The lowest BCUT2D eigenvalue weighted by molar-refractivity contribution is 0.478. The summed E-state index contributed by atoms with van der Waals surface area (Å²) in [4.78, 5) is 4.82. The van der Waals surface area contributed by atoms with Crippen LogP contribution in [0, 0.1) is 0 Å². The zero-order chi connectivity index (χ0) is 58.1. The van der Waals surface area contributed by atoms with Crippen LogP contribution in [0.3, 0.4) is 0 Å². The van der Waals surface area contributed by atoms with E-state index < -0.39 is 0 Å². The van der Waals surface area contributed by atoms with Gasteiger partial charge in [0.25, 0.3) is 0 Å². The molecule has 416 valence electrons. The molecule has 4 heteroatoms. The first kappa shape index (κ1) is 54.1. The Kier molecular flexibility index (Phi) is 14.1. The van der Waals surface area contributed by atoms with Gasteiger partial charge in [-0.05, 0) is 168 Å². The highest BCUT2D eigenvalue weighted by Crippen LogP contribution is 2.54. The molecule has 0 aliphatic heterocycles. The van der Waals surface area contributed by atoms with E-state index in [0.29, 0.717) is 5.92 Å². The second-order valence-electron chi connectivity index (χ2n) is 24.2. The third-order valence-corrected chi connectivity index (χ3v) is 17.8. The molecule has 84 heavy (non-hydrogen) atoms. The van der Waals surface area contributed by atoms with Crippen molar-refractivity contribution in [2.75, 3.05) is 9.80 Å². The van der Waals surface area contributed by atoms with E-state index in [4.69, 9.17) is 4.42 Å². The molecule has 1 N–H and O–H groups in total. The number of anilines is 6. The van der Waals surface area contributed by atoms with Crippen molar-refractivity contribution in [3.63, 3.8) is 0 Å². The van der Waals surface area contributed by atoms with Gasteiger partial charge in [0.2, 0.25) is 0 Å². The number of aryl methyl sites for hydroxylation is 2. The third-order valence-electron chi connectivity index (χ3n) is 17.8. The zero-order valence-electron chi connectivity index (χ0n) is 50.2. The van der Waals surface area contributed by atoms with Crippen LogP contribution in [-0.4, -0.2) is 5.11 Å². The van der Waals surface area contributed by atoms with Gasteiger partial charge in [0, 0.05) is 44.0 Å². The summed E-state index contributed by atoms with van der Waals surface area (Å²) in [6.07, 6.45) is 1.86. The predicted octanol–water partition coefficient (Wildman–Crippen LogP) is 23.7. The Hall–Kier alpha value is -9.12. The lowest BCUT2D eigenvalue weighted by Crippen LogP contribution is -2.14. The Labute approximate surface area is 495 Å². The monoisotopic (exact) mass is 1090 g/mol. The number of benzene rings is 12. The van der Waals surface area contributed by atoms with E-state index in [9.17, 15) is 5.11 Å². The van der Waals surface area contributed by atoms with Crippen LogP contribution in [0.25, 0.3) is 87.6 Å². The molecule has 13 aromatic rings. The fourth-order valence-electron chi connectivity index (χ4n) is 13.4. The van der Waals surface area contributed by atoms with Gasteiger partial charge < -0.3 is 19.3 Å². The smallest absolute Gasteiger partial charge is 0.159 e. The molecular weight excluding hydrogens is 1020 g/mol. The maximum Gasteiger partial charge on any atom is 0.159 e. The number of phenolic OH excluding ortho intramolecular Hbond substituents is 1. The normalized spacial score (nSPS) is 12.0. The summed E-state index contributed by atoms with van der Waals surface area (Å²) in [5, 5.41) is 22.5. The van der Waals surface area contributed by atoms with Gasteiger partial charge in [-0.25, -0.2) is 0 Å². The minimum absolute atomic E-state index is 0.171. The summed E-state index contributed by atoms with van der Waals surface area (Å²) in [6.45, 7) is 22.8. The predicted molar refractivity (Wildman–Crippen MR) is 360 cm³/mol. The molecule has 4 nitrogen and oxygen atoms in total. The molecule has 1 heterocycles. The van der Waals surface area contributed by atoms with E-state index in [1.165, 1.54) is 66.1 Å². The van der Waals surface area contributed by atoms with Gasteiger partial charge in [0.1, 0.15) is 11.3 Å². The molecule has 0 fully saturated rings. The number of phenols is 1. The Morgan fingerprint density at radius 2 is 0.786 bits per heavy atom. The average molecular weight is 1100 g/mol. The Bertz CT molecular complexity index is 4630. The molecule has 13 rings (SSSR count). The van der Waals surface area contributed by atoms with Gasteiger partial charge >= 0.3 is 0 Å². The van der Waals surface area contributed by atoms with Gasteiger partial charge in [-0.3, -0.25) is 0 Å². The number of hydrogen-bond acceptors (Lipinski definition) is 4. The van der Waals surface area contributed by atoms with Crippen molar-refractivity contribution in [2.24, 2.45) is 0 Å². The van der Waals surface area contributed by atoms with Crippen LogP contribution in [0.5, 0.6) is 5.75 Å². The topological polar surface area (TPSA) is 39.9 Å².